The molecule has 1 N–H and O–H groups in total. The summed E-state index contributed by atoms with van der Waals surface area (Å²) >= 11 is 0. The first-order valence-electron chi connectivity index (χ1n) is 6.65. The highest BCUT2D eigenvalue weighted by Crippen LogP contribution is 2.19. The summed E-state index contributed by atoms with van der Waals surface area (Å²) in [5, 5.41) is 6.69. The van der Waals surface area contributed by atoms with Gasteiger partial charge in [-0.15, -0.1) is 0 Å². The van der Waals surface area contributed by atoms with Gasteiger partial charge in [0.15, 0.2) is 0 Å². The minimum atomic E-state index is -0.0552. The van der Waals surface area contributed by atoms with Crippen LogP contribution in [0.15, 0.2) is 34.9 Å². The van der Waals surface area contributed by atoms with Crippen molar-refractivity contribution in [3.63, 3.8) is 0 Å². The Morgan fingerprint density at radius 3 is 2.70 bits per heavy atom. The van der Waals surface area contributed by atoms with Crippen molar-refractivity contribution in [2.24, 2.45) is 0 Å². The Hall–Kier alpha value is -2.37. The number of benzene rings is 1. The maximum Gasteiger partial charge on any atom is 0.266 e. The standard InChI is InChI=1S/C14H18N4O2/c1-3-15-12(19)10-18(4-2)14-16-13(20-17-14)11-8-6-5-7-9-11/h5-9H,3-4,10H2,1-2H3,(H,15,19). The highest BCUT2D eigenvalue weighted by atomic mass is 16.5. The molecule has 0 saturated heterocycles. The van der Waals surface area contributed by atoms with Gasteiger partial charge in [0.05, 0.1) is 6.54 Å². The molecule has 2 rings (SSSR count). The van der Waals surface area contributed by atoms with Crippen molar-refractivity contribution in [3.8, 4) is 11.5 Å². The number of nitrogens with zero attached hydrogens (tertiary/aromatic N) is 3. The van der Waals surface area contributed by atoms with Crippen molar-refractivity contribution < 1.29 is 9.32 Å². The van der Waals surface area contributed by atoms with Crippen molar-refractivity contribution in [1.82, 2.24) is 15.5 Å². The third-order valence-electron chi connectivity index (χ3n) is 2.81. The van der Waals surface area contributed by atoms with Gasteiger partial charge < -0.3 is 14.7 Å². The number of anilines is 1. The van der Waals surface area contributed by atoms with Crippen LogP contribution >= 0.6 is 0 Å². The molecule has 20 heavy (non-hydrogen) atoms. The number of nitrogens with one attached hydrogen (secondary N) is 1. The number of carbonyl (C=O) groups is 1. The van der Waals surface area contributed by atoms with Crippen molar-refractivity contribution in [1.29, 1.82) is 0 Å². The third kappa shape index (κ3) is 3.34. The number of rotatable bonds is 6. The van der Waals surface area contributed by atoms with Crippen LogP contribution < -0.4 is 10.2 Å². The molecular formula is C14H18N4O2. The minimum absolute atomic E-state index is 0.0552. The zero-order valence-corrected chi connectivity index (χ0v) is 11.7. The van der Waals surface area contributed by atoms with Crippen molar-refractivity contribution in [2.45, 2.75) is 13.8 Å². The maximum absolute atomic E-state index is 11.6. The van der Waals surface area contributed by atoms with Crippen LogP contribution in [0.1, 0.15) is 13.8 Å². The van der Waals surface area contributed by atoms with Gasteiger partial charge in [0.2, 0.25) is 5.91 Å². The van der Waals surface area contributed by atoms with Gasteiger partial charge in [-0.2, -0.15) is 4.98 Å². The molecule has 0 radical (unpaired) electrons. The fourth-order valence-corrected chi connectivity index (χ4v) is 1.79. The SMILES string of the molecule is CCNC(=O)CN(CC)c1noc(-c2ccccc2)n1. The van der Waals surface area contributed by atoms with E-state index in [-0.39, 0.29) is 12.5 Å². The minimum Gasteiger partial charge on any atom is -0.355 e. The molecule has 0 unspecified atom stereocenters. The monoisotopic (exact) mass is 274 g/mol. The molecular weight excluding hydrogens is 256 g/mol. The second-order valence-corrected chi connectivity index (χ2v) is 4.23. The summed E-state index contributed by atoms with van der Waals surface area (Å²) < 4.78 is 5.24. The number of aromatic nitrogens is 2. The molecule has 0 atom stereocenters. The highest BCUT2D eigenvalue weighted by molar-refractivity contribution is 5.80. The van der Waals surface area contributed by atoms with Gasteiger partial charge >= 0.3 is 0 Å². The van der Waals surface area contributed by atoms with Gasteiger partial charge in [-0.05, 0) is 31.1 Å². The van der Waals surface area contributed by atoms with E-state index in [4.69, 9.17) is 4.52 Å². The summed E-state index contributed by atoms with van der Waals surface area (Å²) in [7, 11) is 0. The Morgan fingerprint density at radius 1 is 1.30 bits per heavy atom. The van der Waals surface area contributed by atoms with E-state index in [1.807, 2.05) is 44.2 Å². The molecule has 0 saturated carbocycles. The molecule has 1 aromatic carbocycles. The quantitative estimate of drug-likeness (QED) is 0.868. The first-order valence-corrected chi connectivity index (χ1v) is 6.65. The van der Waals surface area contributed by atoms with Crippen molar-refractivity contribution in [3.05, 3.63) is 30.3 Å². The van der Waals surface area contributed by atoms with E-state index in [0.717, 1.165) is 5.56 Å². The lowest BCUT2D eigenvalue weighted by Crippen LogP contribution is -2.37. The number of likely N-dealkylation sites (N-methyl/N-ethyl adjacent to an activating group) is 2. The van der Waals surface area contributed by atoms with Gasteiger partial charge in [0, 0.05) is 18.7 Å². The molecule has 1 heterocycles. The zero-order valence-electron chi connectivity index (χ0n) is 11.7. The van der Waals surface area contributed by atoms with E-state index in [2.05, 4.69) is 15.5 Å². The zero-order chi connectivity index (χ0) is 14.4. The Kier molecular flexibility index (Phi) is 4.70. The van der Waals surface area contributed by atoms with Crippen LogP contribution in [0, 0.1) is 0 Å². The van der Waals surface area contributed by atoms with E-state index < -0.39 is 0 Å². The van der Waals surface area contributed by atoms with Crippen LogP contribution in [0.2, 0.25) is 0 Å². The summed E-state index contributed by atoms with van der Waals surface area (Å²) in [6, 6.07) is 9.54. The average molecular weight is 274 g/mol. The van der Waals surface area contributed by atoms with Crippen LogP contribution in [-0.4, -0.2) is 35.7 Å². The van der Waals surface area contributed by atoms with E-state index in [1.165, 1.54) is 0 Å². The van der Waals surface area contributed by atoms with Crippen LogP contribution in [0.25, 0.3) is 11.5 Å². The lowest BCUT2D eigenvalue weighted by Gasteiger charge is -2.16. The summed E-state index contributed by atoms with van der Waals surface area (Å²) in [6.45, 7) is 5.29. The molecule has 2 aromatic rings. The molecule has 1 aromatic heterocycles. The van der Waals surface area contributed by atoms with E-state index in [9.17, 15) is 4.79 Å². The second-order valence-electron chi connectivity index (χ2n) is 4.23. The first kappa shape index (κ1) is 14.0. The number of hydrogen-bond donors (Lipinski definition) is 1. The van der Waals surface area contributed by atoms with Crippen LogP contribution in [-0.2, 0) is 4.79 Å². The van der Waals surface area contributed by atoms with E-state index in [1.54, 1.807) is 4.90 Å². The van der Waals surface area contributed by atoms with Gasteiger partial charge in [-0.25, -0.2) is 0 Å². The molecule has 0 fully saturated rings. The smallest absolute Gasteiger partial charge is 0.266 e. The highest BCUT2D eigenvalue weighted by Gasteiger charge is 2.16. The summed E-state index contributed by atoms with van der Waals surface area (Å²) in [5.41, 5.74) is 0.861. The summed E-state index contributed by atoms with van der Waals surface area (Å²) in [5.74, 6) is 0.827. The number of amides is 1. The summed E-state index contributed by atoms with van der Waals surface area (Å²) in [4.78, 5) is 17.7. The molecule has 106 valence electrons. The van der Waals surface area contributed by atoms with Crippen LogP contribution in [0.4, 0.5) is 5.95 Å². The maximum atomic E-state index is 11.6. The van der Waals surface area contributed by atoms with E-state index >= 15 is 0 Å². The van der Waals surface area contributed by atoms with Crippen molar-refractivity contribution in [2.75, 3.05) is 24.5 Å². The Labute approximate surface area is 117 Å². The molecule has 0 spiro atoms. The first-order chi connectivity index (χ1) is 9.74. The molecule has 1 amide bonds. The molecule has 6 nitrogen and oxygen atoms in total. The number of hydrogen-bond acceptors (Lipinski definition) is 5. The van der Waals surface area contributed by atoms with Crippen LogP contribution in [0.3, 0.4) is 0 Å². The molecule has 0 aliphatic rings. The average Bonchev–Trinajstić information content (AvgIpc) is 2.95. The molecule has 6 heteroatoms. The molecule has 0 aliphatic heterocycles. The van der Waals surface area contributed by atoms with Gasteiger partial charge in [0.1, 0.15) is 0 Å². The van der Waals surface area contributed by atoms with Crippen LogP contribution in [0.5, 0.6) is 0 Å². The van der Waals surface area contributed by atoms with Crippen molar-refractivity contribution >= 4 is 11.9 Å². The van der Waals surface area contributed by atoms with Gasteiger partial charge in [0.25, 0.3) is 11.8 Å². The topological polar surface area (TPSA) is 71.3 Å². The second kappa shape index (κ2) is 6.70. The largest absolute Gasteiger partial charge is 0.355 e. The summed E-state index contributed by atoms with van der Waals surface area (Å²) in [6.07, 6.45) is 0. The molecule has 0 aliphatic carbocycles. The van der Waals surface area contributed by atoms with E-state index in [0.29, 0.717) is 24.9 Å². The fraction of sp³-hybridized carbons (Fsp3) is 0.357. The predicted octanol–water partition coefficient (Wildman–Crippen LogP) is 1.70. The van der Waals surface area contributed by atoms with Gasteiger partial charge in [-0.3, -0.25) is 4.79 Å². The number of carbonyl (C=O) groups excluding carboxylic acids is 1. The Balaban J connectivity index is 2.12. The molecule has 0 bridgehead atoms. The third-order valence-corrected chi connectivity index (χ3v) is 2.81. The fourth-order valence-electron chi connectivity index (χ4n) is 1.79. The lowest BCUT2D eigenvalue weighted by atomic mass is 10.2. The Bertz CT molecular complexity index is 553. The predicted molar refractivity (Wildman–Crippen MR) is 76.3 cm³/mol. The lowest BCUT2D eigenvalue weighted by molar-refractivity contribution is -0.119. The van der Waals surface area contributed by atoms with Gasteiger partial charge in [-0.1, -0.05) is 18.2 Å². The normalized spacial score (nSPS) is 10.3. The Morgan fingerprint density at radius 2 is 2.05 bits per heavy atom.